The van der Waals surface area contributed by atoms with Crippen molar-refractivity contribution in [2.24, 2.45) is 5.92 Å². The van der Waals surface area contributed by atoms with Gasteiger partial charge in [-0.2, -0.15) is 0 Å². The minimum atomic E-state index is -1.09. The van der Waals surface area contributed by atoms with Gasteiger partial charge in [0.15, 0.2) is 17.5 Å². The first-order valence-corrected chi connectivity index (χ1v) is 6.08. The van der Waals surface area contributed by atoms with E-state index in [-0.39, 0.29) is 18.6 Å². The molecule has 1 unspecified atom stereocenters. The van der Waals surface area contributed by atoms with Crippen LogP contribution in [0.4, 0.5) is 0 Å². The lowest BCUT2D eigenvalue weighted by atomic mass is 10.1. The van der Waals surface area contributed by atoms with Crippen molar-refractivity contribution in [3.05, 3.63) is 23.8 Å². The number of carbonyl (C=O) groups excluding carboxylic acids is 1. The molecule has 1 aromatic rings. The van der Waals surface area contributed by atoms with Gasteiger partial charge in [-0.1, -0.05) is 6.07 Å². The van der Waals surface area contributed by atoms with E-state index >= 15 is 0 Å². The Balaban J connectivity index is 1.82. The third-order valence-electron chi connectivity index (χ3n) is 3.21. The van der Waals surface area contributed by atoms with Crippen LogP contribution in [0.25, 0.3) is 0 Å². The van der Waals surface area contributed by atoms with Crippen molar-refractivity contribution < 1.29 is 24.2 Å². The zero-order valence-electron chi connectivity index (χ0n) is 10.1. The van der Waals surface area contributed by atoms with Crippen molar-refractivity contribution in [3.63, 3.8) is 0 Å². The summed E-state index contributed by atoms with van der Waals surface area (Å²) >= 11 is 0. The van der Waals surface area contributed by atoms with Crippen LogP contribution in [0.3, 0.4) is 0 Å². The average Bonchev–Trinajstić information content (AvgIpc) is 3.13. The quantitative estimate of drug-likeness (QED) is 0.848. The van der Waals surface area contributed by atoms with E-state index in [1.807, 2.05) is 0 Å². The molecule has 1 aromatic carbocycles. The van der Waals surface area contributed by atoms with Crippen molar-refractivity contribution in [2.75, 3.05) is 6.79 Å². The number of carbonyl (C=O) groups is 2. The SMILES string of the molecule is O=C(NC(C(=O)O)c1ccc2c(c1)OCO2)C1CC1. The van der Waals surface area contributed by atoms with Crippen LogP contribution < -0.4 is 14.8 Å². The lowest BCUT2D eigenvalue weighted by molar-refractivity contribution is -0.142. The van der Waals surface area contributed by atoms with E-state index in [4.69, 9.17) is 9.47 Å². The second-order valence-electron chi connectivity index (χ2n) is 4.67. The van der Waals surface area contributed by atoms with Gasteiger partial charge in [0.2, 0.25) is 12.7 Å². The topological polar surface area (TPSA) is 84.9 Å². The molecule has 1 saturated carbocycles. The lowest BCUT2D eigenvalue weighted by Crippen LogP contribution is -2.34. The lowest BCUT2D eigenvalue weighted by Gasteiger charge is -2.15. The number of ether oxygens (including phenoxy) is 2. The number of nitrogens with one attached hydrogen (secondary N) is 1. The zero-order valence-corrected chi connectivity index (χ0v) is 10.1. The summed E-state index contributed by atoms with van der Waals surface area (Å²) in [6.45, 7) is 0.130. The highest BCUT2D eigenvalue weighted by molar-refractivity contribution is 5.87. The predicted octanol–water partition coefficient (Wildman–Crippen LogP) is 1.07. The molecule has 0 aromatic heterocycles. The maximum Gasteiger partial charge on any atom is 0.330 e. The molecule has 0 spiro atoms. The number of carboxylic acids is 1. The standard InChI is InChI=1S/C13H13NO5/c15-12(7-1-2-7)14-11(13(16)17)8-3-4-9-10(5-8)19-6-18-9/h3-5,7,11H,1-2,6H2,(H,14,15)(H,16,17). The van der Waals surface area contributed by atoms with Gasteiger partial charge in [0.1, 0.15) is 0 Å². The fraction of sp³-hybridized carbons (Fsp3) is 0.385. The van der Waals surface area contributed by atoms with Crippen LogP contribution in [0.1, 0.15) is 24.4 Å². The summed E-state index contributed by atoms with van der Waals surface area (Å²) in [6.07, 6.45) is 1.67. The Bertz CT molecular complexity index is 538. The summed E-state index contributed by atoms with van der Waals surface area (Å²) in [6, 6.07) is 3.81. The van der Waals surface area contributed by atoms with E-state index in [2.05, 4.69) is 5.32 Å². The smallest absolute Gasteiger partial charge is 0.330 e. The van der Waals surface area contributed by atoms with Crippen molar-refractivity contribution >= 4 is 11.9 Å². The third-order valence-corrected chi connectivity index (χ3v) is 3.21. The number of amides is 1. The Labute approximate surface area is 109 Å². The molecular formula is C13H13NO5. The maximum atomic E-state index is 11.7. The van der Waals surface area contributed by atoms with E-state index in [0.29, 0.717) is 17.1 Å². The molecule has 1 atom stereocenters. The first kappa shape index (κ1) is 11.8. The Morgan fingerprint density at radius 3 is 2.68 bits per heavy atom. The van der Waals surface area contributed by atoms with Gasteiger partial charge in [-0.05, 0) is 30.5 Å². The van der Waals surface area contributed by atoms with E-state index < -0.39 is 12.0 Å². The molecule has 100 valence electrons. The van der Waals surface area contributed by atoms with Crippen LogP contribution in [0.15, 0.2) is 18.2 Å². The Hall–Kier alpha value is -2.24. The molecule has 6 nitrogen and oxygen atoms in total. The molecule has 1 heterocycles. The van der Waals surface area contributed by atoms with Gasteiger partial charge in [0.25, 0.3) is 0 Å². The molecule has 0 bridgehead atoms. The van der Waals surface area contributed by atoms with Crippen LogP contribution >= 0.6 is 0 Å². The van der Waals surface area contributed by atoms with Crippen molar-refractivity contribution in [1.29, 1.82) is 0 Å². The van der Waals surface area contributed by atoms with E-state index in [1.165, 1.54) is 0 Å². The highest BCUT2D eigenvalue weighted by Crippen LogP contribution is 2.35. The van der Waals surface area contributed by atoms with Crippen molar-refractivity contribution in [2.45, 2.75) is 18.9 Å². The first-order valence-electron chi connectivity index (χ1n) is 6.08. The van der Waals surface area contributed by atoms with Crippen LogP contribution in [0.2, 0.25) is 0 Å². The maximum absolute atomic E-state index is 11.7. The van der Waals surface area contributed by atoms with Crippen LogP contribution in [-0.4, -0.2) is 23.8 Å². The molecule has 0 radical (unpaired) electrons. The van der Waals surface area contributed by atoms with Crippen molar-refractivity contribution in [1.82, 2.24) is 5.32 Å². The largest absolute Gasteiger partial charge is 0.479 e. The van der Waals surface area contributed by atoms with Gasteiger partial charge in [-0.3, -0.25) is 4.79 Å². The van der Waals surface area contributed by atoms with Crippen LogP contribution in [-0.2, 0) is 9.59 Å². The number of rotatable bonds is 4. The van der Waals surface area contributed by atoms with Gasteiger partial charge in [0.05, 0.1) is 0 Å². The first-order chi connectivity index (χ1) is 9.15. The summed E-state index contributed by atoms with van der Waals surface area (Å²) in [5.74, 6) is -0.236. The minimum Gasteiger partial charge on any atom is -0.479 e. The number of carboxylic acid groups (broad SMARTS) is 1. The molecule has 1 fully saturated rings. The molecule has 3 rings (SSSR count). The monoisotopic (exact) mass is 263 g/mol. The zero-order chi connectivity index (χ0) is 13.4. The fourth-order valence-electron chi connectivity index (χ4n) is 1.99. The predicted molar refractivity (Wildman–Crippen MR) is 63.8 cm³/mol. The third kappa shape index (κ3) is 2.33. The Kier molecular flexibility index (Phi) is 2.77. The highest BCUT2D eigenvalue weighted by Gasteiger charge is 2.33. The van der Waals surface area contributed by atoms with E-state index in [1.54, 1.807) is 18.2 Å². The molecule has 1 aliphatic carbocycles. The Morgan fingerprint density at radius 1 is 1.26 bits per heavy atom. The van der Waals surface area contributed by atoms with Gasteiger partial charge in [-0.25, -0.2) is 4.79 Å². The van der Waals surface area contributed by atoms with Crippen molar-refractivity contribution in [3.8, 4) is 11.5 Å². The van der Waals surface area contributed by atoms with Gasteiger partial charge in [-0.15, -0.1) is 0 Å². The Morgan fingerprint density at radius 2 is 2.00 bits per heavy atom. The molecule has 1 amide bonds. The molecule has 0 saturated heterocycles. The summed E-state index contributed by atoms with van der Waals surface area (Å²) in [7, 11) is 0. The van der Waals surface area contributed by atoms with Crippen LogP contribution in [0.5, 0.6) is 11.5 Å². The molecular weight excluding hydrogens is 250 g/mol. The number of hydrogen-bond donors (Lipinski definition) is 2. The van der Waals surface area contributed by atoms with E-state index in [9.17, 15) is 14.7 Å². The van der Waals surface area contributed by atoms with Gasteiger partial charge >= 0.3 is 5.97 Å². The highest BCUT2D eigenvalue weighted by atomic mass is 16.7. The number of fused-ring (bicyclic) bond motifs is 1. The molecule has 2 aliphatic rings. The normalized spacial score (nSPS) is 17.9. The summed E-state index contributed by atoms with van der Waals surface area (Å²) < 4.78 is 10.4. The minimum absolute atomic E-state index is 0.0316. The number of benzene rings is 1. The number of aliphatic carboxylic acids is 1. The average molecular weight is 263 g/mol. The molecule has 1 aliphatic heterocycles. The van der Waals surface area contributed by atoms with Gasteiger partial charge < -0.3 is 19.9 Å². The summed E-state index contributed by atoms with van der Waals surface area (Å²) in [5, 5.41) is 11.8. The number of hydrogen-bond acceptors (Lipinski definition) is 4. The second kappa shape index (κ2) is 4.46. The van der Waals surface area contributed by atoms with E-state index in [0.717, 1.165) is 12.8 Å². The molecule has 6 heteroatoms. The summed E-state index contributed by atoms with van der Waals surface area (Å²) in [4.78, 5) is 23.0. The summed E-state index contributed by atoms with van der Waals surface area (Å²) in [5.41, 5.74) is 0.478. The fourth-order valence-corrected chi connectivity index (χ4v) is 1.99. The van der Waals surface area contributed by atoms with Crippen LogP contribution in [0, 0.1) is 5.92 Å². The van der Waals surface area contributed by atoms with Gasteiger partial charge in [0, 0.05) is 5.92 Å². The molecule has 2 N–H and O–H groups in total. The molecule has 19 heavy (non-hydrogen) atoms. The second-order valence-corrected chi connectivity index (χ2v) is 4.67.